The average Bonchev–Trinajstić information content (AvgIpc) is 2.95. The number of nitrogens with one attached hydrogen (secondary N) is 1. The van der Waals surface area contributed by atoms with Gasteiger partial charge in [0.05, 0.1) is 0 Å². The molecule has 0 saturated heterocycles. The van der Waals surface area contributed by atoms with Gasteiger partial charge in [0.25, 0.3) is 0 Å². The lowest BCUT2D eigenvalue weighted by atomic mass is 10.0. The van der Waals surface area contributed by atoms with Gasteiger partial charge < -0.3 is 5.32 Å². The summed E-state index contributed by atoms with van der Waals surface area (Å²) in [5.41, 5.74) is 0.874. The zero-order valence-corrected chi connectivity index (χ0v) is 12.0. The second-order valence-corrected chi connectivity index (χ2v) is 5.98. The Bertz CT molecular complexity index is 545. The fourth-order valence-corrected chi connectivity index (χ4v) is 3.02. The first-order valence-corrected chi connectivity index (χ1v) is 7.30. The molecule has 0 aliphatic heterocycles. The number of pyridine rings is 1. The van der Waals surface area contributed by atoms with Crippen LogP contribution in [0.15, 0.2) is 22.8 Å². The Kier molecular flexibility index (Phi) is 3.24. The molecule has 2 aromatic rings. The van der Waals surface area contributed by atoms with E-state index in [0.29, 0.717) is 6.04 Å². The van der Waals surface area contributed by atoms with Crippen molar-refractivity contribution in [3.05, 3.63) is 22.8 Å². The summed E-state index contributed by atoms with van der Waals surface area (Å²) < 4.78 is 2.81. The maximum Gasteiger partial charge on any atom is 0.243 e. The molecule has 4 nitrogen and oxygen atoms in total. The highest BCUT2D eigenvalue weighted by Gasteiger charge is 2.22. The minimum atomic E-state index is 0.452. The molecule has 96 valence electrons. The Morgan fingerprint density at radius 2 is 2.17 bits per heavy atom. The highest BCUT2D eigenvalue weighted by Crippen LogP contribution is 2.28. The Balaban J connectivity index is 1.77. The molecule has 0 aromatic carbocycles. The Labute approximate surface area is 115 Å². The number of fused-ring (bicyclic) bond motifs is 1. The molecular weight excluding hydrogens is 292 g/mol. The summed E-state index contributed by atoms with van der Waals surface area (Å²) in [7, 11) is 0. The molecule has 18 heavy (non-hydrogen) atoms. The van der Waals surface area contributed by atoms with Gasteiger partial charge in [-0.15, -0.1) is 5.10 Å². The van der Waals surface area contributed by atoms with Crippen LogP contribution in [0.5, 0.6) is 0 Å². The van der Waals surface area contributed by atoms with Gasteiger partial charge in [-0.3, -0.25) is 0 Å². The predicted octanol–water partition coefficient (Wildman–Crippen LogP) is 3.48. The van der Waals surface area contributed by atoms with Crippen molar-refractivity contribution in [1.29, 1.82) is 0 Å². The number of hydrogen-bond acceptors (Lipinski definition) is 3. The van der Waals surface area contributed by atoms with Gasteiger partial charge in [0.15, 0.2) is 5.65 Å². The fraction of sp³-hybridized carbons (Fsp3) is 0.538. The third kappa shape index (κ3) is 2.36. The lowest BCUT2D eigenvalue weighted by Crippen LogP contribution is -2.24. The van der Waals surface area contributed by atoms with E-state index >= 15 is 0 Å². The summed E-state index contributed by atoms with van der Waals surface area (Å²) in [6, 6.07) is 4.39. The van der Waals surface area contributed by atoms with E-state index in [-0.39, 0.29) is 0 Å². The van der Waals surface area contributed by atoms with Crippen LogP contribution in [-0.2, 0) is 0 Å². The zero-order chi connectivity index (χ0) is 12.5. The fourth-order valence-electron chi connectivity index (χ4n) is 2.70. The van der Waals surface area contributed by atoms with Crippen molar-refractivity contribution in [2.75, 3.05) is 5.32 Å². The van der Waals surface area contributed by atoms with Crippen molar-refractivity contribution in [3.63, 3.8) is 0 Å². The monoisotopic (exact) mass is 308 g/mol. The molecular formula is C13H17BrN4. The molecule has 1 atom stereocenters. The van der Waals surface area contributed by atoms with E-state index in [4.69, 9.17) is 0 Å². The Morgan fingerprint density at radius 3 is 2.94 bits per heavy atom. The van der Waals surface area contributed by atoms with E-state index < -0.39 is 0 Å². The van der Waals surface area contributed by atoms with E-state index in [1.54, 1.807) is 4.52 Å². The number of hydrogen-bond donors (Lipinski definition) is 1. The Hall–Kier alpha value is -1.10. The lowest BCUT2D eigenvalue weighted by molar-refractivity contribution is 0.480. The van der Waals surface area contributed by atoms with Gasteiger partial charge in [0.2, 0.25) is 5.95 Å². The third-order valence-electron chi connectivity index (χ3n) is 3.76. The van der Waals surface area contributed by atoms with Crippen molar-refractivity contribution >= 4 is 27.5 Å². The maximum atomic E-state index is 4.49. The van der Waals surface area contributed by atoms with E-state index in [1.807, 2.05) is 18.3 Å². The highest BCUT2D eigenvalue weighted by molar-refractivity contribution is 9.10. The molecule has 5 heteroatoms. The highest BCUT2D eigenvalue weighted by atomic mass is 79.9. The van der Waals surface area contributed by atoms with Gasteiger partial charge in [-0.2, -0.15) is 4.98 Å². The number of rotatable bonds is 3. The molecule has 0 bridgehead atoms. The van der Waals surface area contributed by atoms with Gasteiger partial charge >= 0.3 is 0 Å². The molecule has 1 saturated carbocycles. The maximum absolute atomic E-state index is 4.49. The van der Waals surface area contributed by atoms with Crippen molar-refractivity contribution in [2.45, 2.75) is 38.6 Å². The van der Waals surface area contributed by atoms with Crippen LogP contribution in [0.3, 0.4) is 0 Å². The number of halogens is 1. The minimum Gasteiger partial charge on any atom is -0.350 e. The standard InChI is InChI=1S/C13H17BrN4/c1-9(10-4-2-3-5-10)15-13-16-12-7-6-11(14)8-18(12)17-13/h6-10H,2-5H2,1H3,(H,15,17). The summed E-state index contributed by atoms with van der Waals surface area (Å²) in [5.74, 6) is 1.50. The molecule has 2 aromatic heterocycles. The number of aromatic nitrogens is 3. The first kappa shape index (κ1) is 12.0. The molecule has 1 unspecified atom stereocenters. The van der Waals surface area contributed by atoms with Gasteiger partial charge in [-0.05, 0) is 53.7 Å². The molecule has 0 amide bonds. The molecule has 1 N–H and O–H groups in total. The van der Waals surface area contributed by atoms with Crippen LogP contribution >= 0.6 is 15.9 Å². The van der Waals surface area contributed by atoms with Gasteiger partial charge in [0.1, 0.15) is 0 Å². The van der Waals surface area contributed by atoms with E-state index in [1.165, 1.54) is 25.7 Å². The SMILES string of the molecule is CC(Nc1nc2ccc(Br)cn2n1)C1CCCC1. The third-order valence-corrected chi connectivity index (χ3v) is 4.23. The molecule has 1 fully saturated rings. The quantitative estimate of drug-likeness (QED) is 0.944. The van der Waals surface area contributed by atoms with Crippen molar-refractivity contribution in [2.24, 2.45) is 5.92 Å². The molecule has 2 heterocycles. The Morgan fingerprint density at radius 1 is 1.39 bits per heavy atom. The van der Waals surface area contributed by atoms with Crippen molar-refractivity contribution in [1.82, 2.24) is 14.6 Å². The van der Waals surface area contributed by atoms with Gasteiger partial charge in [-0.25, -0.2) is 4.52 Å². The number of anilines is 1. The summed E-state index contributed by atoms with van der Waals surface area (Å²) in [5, 5.41) is 7.88. The van der Waals surface area contributed by atoms with Crippen molar-refractivity contribution in [3.8, 4) is 0 Å². The van der Waals surface area contributed by atoms with E-state index in [2.05, 4.69) is 38.3 Å². The van der Waals surface area contributed by atoms with Crippen LogP contribution in [0.25, 0.3) is 5.65 Å². The van der Waals surface area contributed by atoms with E-state index in [9.17, 15) is 0 Å². The molecule has 1 aliphatic rings. The van der Waals surface area contributed by atoms with E-state index in [0.717, 1.165) is 22.0 Å². The normalized spacial score (nSPS) is 18.3. The summed E-state index contributed by atoms with van der Waals surface area (Å²) >= 11 is 3.44. The summed E-state index contributed by atoms with van der Waals surface area (Å²) in [6.45, 7) is 2.23. The van der Waals surface area contributed by atoms with Crippen LogP contribution in [0.4, 0.5) is 5.95 Å². The van der Waals surface area contributed by atoms with Gasteiger partial charge in [-0.1, -0.05) is 12.8 Å². The van der Waals surface area contributed by atoms with Gasteiger partial charge in [0, 0.05) is 16.7 Å². The number of nitrogens with zero attached hydrogens (tertiary/aromatic N) is 3. The zero-order valence-electron chi connectivity index (χ0n) is 10.4. The summed E-state index contributed by atoms with van der Waals surface area (Å²) in [4.78, 5) is 4.49. The van der Waals surface area contributed by atoms with Crippen LogP contribution in [0.2, 0.25) is 0 Å². The summed E-state index contributed by atoms with van der Waals surface area (Å²) in [6.07, 6.45) is 7.30. The van der Waals surface area contributed by atoms with Crippen molar-refractivity contribution < 1.29 is 0 Å². The first-order chi connectivity index (χ1) is 8.72. The first-order valence-electron chi connectivity index (χ1n) is 6.51. The molecule has 0 spiro atoms. The predicted molar refractivity (Wildman–Crippen MR) is 75.7 cm³/mol. The largest absolute Gasteiger partial charge is 0.350 e. The second kappa shape index (κ2) is 4.88. The van der Waals surface area contributed by atoms with Crippen LogP contribution in [-0.4, -0.2) is 20.6 Å². The van der Waals surface area contributed by atoms with Crippen LogP contribution in [0.1, 0.15) is 32.6 Å². The minimum absolute atomic E-state index is 0.452. The smallest absolute Gasteiger partial charge is 0.243 e. The van der Waals surface area contributed by atoms with Crippen LogP contribution < -0.4 is 5.32 Å². The molecule has 1 aliphatic carbocycles. The lowest BCUT2D eigenvalue weighted by Gasteiger charge is -2.18. The average molecular weight is 309 g/mol. The molecule has 3 rings (SSSR count). The second-order valence-electron chi connectivity index (χ2n) is 5.06. The van der Waals surface area contributed by atoms with Crippen LogP contribution in [0, 0.1) is 5.92 Å². The molecule has 0 radical (unpaired) electrons. The topological polar surface area (TPSA) is 42.2 Å².